The van der Waals surface area contributed by atoms with E-state index in [2.05, 4.69) is 0 Å². The van der Waals surface area contributed by atoms with Gasteiger partial charge in [-0.1, -0.05) is 72.3 Å². The highest BCUT2D eigenvalue weighted by atomic mass is 35.5. The van der Waals surface area contributed by atoms with E-state index in [1.165, 1.54) is 24.3 Å². The Morgan fingerprint density at radius 1 is 0.854 bits per heavy atom. The number of carbonyl (C=O) groups excluding carboxylic acids is 3. The summed E-state index contributed by atoms with van der Waals surface area (Å²) in [5.74, 6) is -2.14. The Morgan fingerprint density at radius 3 is 2.10 bits per heavy atom. The van der Waals surface area contributed by atoms with E-state index < -0.39 is 39.9 Å². The van der Waals surface area contributed by atoms with Crippen molar-refractivity contribution in [2.45, 2.75) is 18.0 Å². The number of Topliss-reactive ketones (excluding diaryl/α,β-unsaturated/α-hetero) is 3. The summed E-state index contributed by atoms with van der Waals surface area (Å²) in [7, 11) is 0. The molecule has 2 aliphatic heterocycles. The molecule has 0 radical (unpaired) electrons. The van der Waals surface area contributed by atoms with Gasteiger partial charge in [0, 0.05) is 39.8 Å². The zero-order valence-electron chi connectivity index (χ0n) is 21.3. The molecule has 4 aromatic carbocycles. The van der Waals surface area contributed by atoms with Crippen molar-refractivity contribution in [3.8, 4) is 0 Å². The van der Waals surface area contributed by atoms with Crippen molar-refractivity contribution >= 4 is 40.9 Å². The highest BCUT2D eigenvalue weighted by Crippen LogP contribution is 2.64. The van der Waals surface area contributed by atoms with Crippen LogP contribution < -0.4 is 0 Å². The van der Waals surface area contributed by atoms with Gasteiger partial charge in [-0.25, -0.2) is 0 Å². The van der Waals surface area contributed by atoms with Gasteiger partial charge in [0.15, 0.2) is 17.3 Å². The summed E-state index contributed by atoms with van der Waals surface area (Å²) >= 11 is 6.11. The molecule has 200 valence electrons. The standard InChI is InChI=1S/C32H20ClN3O5/c33-21-13-9-19(10-14-21)28(37)27-26(18-11-15-22(16-12-18)36(40)41)32(30(38)24-7-3-4-8-25(24)31(32)39)29-23-6-2-1-5-20(23)17-34-35(27)29/h1-17,26-27,29H/t26-,27+,29+/m0/s1. The molecule has 3 aliphatic rings. The molecule has 9 heteroatoms. The zero-order chi connectivity index (χ0) is 28.5. The molecule has 1 spiro atoms. The molecule has 2 heterocycles. The van der Waals surface area contributed by atoms with Crippen LogP contribution in [0.1, 0.15) is 59.7 Å². The molecule has 1 aliphatic carbocycles. The number of nitrogens with zero attached hydrogens (tertiary/aromatic N) is 3. The molecule has 0 aromatic heterocycles. The number of carbonyl (C=O) groups is 3. The molecule has 7 rings (SSSR count). The third-order valence-electron chi connectivity index (χ3n) is 8.44. The summed E-state index contributed by atoms with van der Waals surface area (Å²) in [5.41, 5.74) is 0.926. The van der Waals surface area contributed by atoms with Crippen molar-refractivity contribution in [2.24, 2.45) is 10.5 Å². The Hall–Kier alpha value is -4.95. The first-order valence-corrected chi connectivity index (χ1v) is 13.4. The molecule has 4 aromatic rings. The molecule has 3 atom stereocenters. The maximum absolute atomic E-state index is 14.7. The van der Waals surface area contributed by atoms with E-state index in [9.17, 15) is 24.5 Å². The first-order chi connectivity index (χ1) is 19.8. The molecule has 0 N–H and O–H groups in total. The van der Waals surface area contributed by atoms with Crippen molar-refractivity contribution in [2.75, 3.05) is 0 Å². The van der Waals surface area contributed by atoms with Crippen LogP contribution in [0, 0.1) is 15.5 Å². The lowest BCUT2D eigenvalue weighted by Crippen LogP contribution is -2.43. The fourth-order valence-corrected chi connectivity index (χ4v) is 6.86. The lowest BCUT2D eigenvalue weighted by atomic mass is 9.63. The van der Waals surface area contributed by atoms with Crippen molar-refractivity contribution in [1.82, 2.24) is 5.01 Å². The summed E-state index contributed by atoms with van der Waals surface area (Å²) in [6, 6.07) is 24.2. The SMILES string of the molecule is O=C(c1ccc(Cl)cc1)[C@H]1[C@H](c2ccc([N+](=O)[O-])cc2)C2(C(=O)c3ccccc3C2=O)[C@H]2c3ccccc3C=NN12. The minimum absolute atomic E-state index is 0.144. The number of benzene rings is 4. The van der Waals surface area contributed by atoms with Gasteiger partial charge in [-0.15, -0.1) is 0 Å². The number of nitro groups is 1. The third-order valence-corrected chi connectivity index (χ3v) is 8.69. The summed E-state index contributed by atoms with van der Waals surface area (Å²) in [4.78, 5) is 54.7. The zero-order valence-corrected chi connectivity index (χ0v) is 22.1. The number of hydrogen-bond donors (Lipinski definition) is 0. The Bertz CT molecular complexity index is 1780. The molecule has 0 saturated carbocycles. The number of hydrazone groups is 1. The molecule has 0 unspecified atom stereocenters. The van der Waals surface area contributed by atoms with Gasteiger partial charge in [0.1, 0.15) is 11.5 Å². The van der Waals surface area contributed by atoms with Gasteiger partial charge in [-0.3, -0.25) is 29.5 Å². The molecule has 41 heavy (non-hydrogen) atoms. The average Bonchev–Trinajstić information content (AvgIpc) is 3.43. The Kier molecular flexibility index (Phi) is 5.52. The highest BCUT2D eigenvalue weighted by Gasteiger charge is 2.72. The average molecular weight is 562 g/mol. The van der Waals surface area contributed by atoms with Gasteiger partial charge in [0.05, 0.1) is 17.2 Å². The van der Waals surface area contributed by atoms with Gasteiger partial charge in [-0.2, -0.15) is 5.10 Å². The van der Waals surface area contributed by atoms with Gasteiger partial charge >= 0.3 is 0 Å². The predicted molar refractivity (Wildman–Crippen MR) is 152 cm³/mol. The summed E-state index contributed by atoms with van der Waals surface area (Å²) in [6.45, 7) is 0. The minimum atomic E-state index is -1.75. The van der Waals surface area contributed by atoms with E-state index >= 15 is 0 Å². The van der Waals surface area contributed by atoms with Crippen molar-refractivity contribution in [1.29, 1.82) is 0 Å². The molecular weight excluding hydrogens is 542 g/mol. The molecule has 0 bridgehead atoms. The number of ketones is 3. The van der Waals surface area contributed by atoms with Crippen LogP contribution >= 0.6 is 11.6 Å². The Morgan fingerprint density at radius 2 is 1.46 bits per heavy atom. The molecule has 0 amide bonds. The van der Waals surface area contributed by atoms with E-state index in [0.29, 0.717) is 21.7 Å². The van der Waals surface area contributed by atoms with E-state index in [4.69, 9.17) is 16.7 Å². The number of nitro benzene ring substituents is 1. The van der Waals surface area contributed by atoms with E-state index in [1.54, 1.807) is 59.8 Å². The van der Waals surface area contributed by atoms with Crippen LogP contribution in [0.2, 0.25) is 5.02 Å². The summed E-state index contributed by atoms with van der Waals surface area (Å²) in [6.07, 6.45) is 1.64. The van der Waals surface area contributed by atoms with Crippen LogP contribution in [0.5, 0.6) is 0 Å². The third kappa shape index (κ3) is 3.40. The van der Waals surface area contributed by atoms with E-state index in [0.717, 1.165) is 5.56 Å². The molecule has 1 saturated heterocycles. The van der Waals surface area contributed by atoms with Crippen LogP contribution in [0.15, 0.2) is 102 Å². The number of rotatable bonds is 4. The first-order valence-electron chi connectivity index (χ1n) is 13.0. The normalized spacial score (nSPS) is 21.5. The first kappa shape index (κ1) is 25.0. The maximum atomic E-state index is 14.7. The highest BCUT2D eigenvalue weighted by molar-refractivity contribution is 6.32. The fraction of sp³-hybridized carbons (Fsp3) is 0.125. The van der Waals surface area contributed by atoms with Crippen LogP contribution in [0.4, 0.5) is 5.69 Å². The second-order valence-electron chi connectivity index (χ2n) is 10.4. The van der Waals surface area contributed by atoms with E-state index in [-0.39, 0.29) is 22.6 Å². The molecule has 1 fully saturated rings. The lowest BCUT2D eigenvalue weighted by molar-refractivity contribution is -0.384. The second kappa shape index (κ2) is 9.04. The second-order valence-corrected chi connectivity index (χ2v) is 10.8. The van der Waals surface area contributed by atoms with Crippen LogP contribution in [0.25, 0.3) is 0 Å². The van der Waals surface area contributed by atoms with E-state index in [1.807, 2.05) is 24.3 Å². The fourth-order valence-electron chi connectivity index (χ4n) is 6.74. The summed E-state index contributed by atoms with van der Waals surface area (Å²) in [5, 5.41) is 18.2. The van der Waals surface area contributed by atoms with Gasteiger partial charge in [0.25, 0.3) is 5.69 Å². The number of hydrogen-bond acceptors (Lipinski definition) is 7. The van der Waals surface area contributed by atoms with Crippen molar-refractivity contribution in [3.05, 3.63) is 146 Å². The summed E-state index contributed by atoms with van der Waals surface area (Å²) < 4.78 is 0. The predicted octanol–water partition coefficient (Wildman–Crippen LogP) is 6.05. The number of non-ortho nitro benzene ring substituents is 1. The Labute approximate surface area is 239 Å². The number of halogens is 1. The van der Waals surface area contributed by atoms with Gasteiger partial charge < -0.3 is 0 Å². The van der Waals surface area contributed by atoms with Gasteiger partial charge in [-0.05, 0) is 41.0 Å². The monoisotopic (exact) mass is 561 g/mol. The van der Waals surface area contributed by atoms with Gasteiger partial charge in [0.2, 0.25) is 0 Å². The minimum Gasteiger partial charge on any atom is -0.293 e. The Balaban J connectivity index is 1.54. The maximum Gasteiger partial charge on any atom is 0.269 e. The topological polar surface area (TPSA) is 110 Å². The van der Waals surface area contributed by atoms with Crippen LogP contribution in [-0.2, 0) is 0 Å². The lowest BCUT2D eigenvalue weighted by Gasteiger charge is -2.36. The smallest absolute Gasteiger partial charge is 0.269 e. The number of fused-ring (bicyclic) bond motifs is 5. The quantitative estimate of drug-likeness (QED) is 0.130. The van der Waals surface area contributed by atoms with Crippen molar-refractivity contribution < 1.29 is 19.3 Å². The van der Waals surface area contributed by atoms with Crippen molar-refractivity contribution in [3.63, 3.8) is 0 Å². The largest absolute Gasteiger partial charge is 0.293 e. The molecule has 8 nitrogen and oxygen atoms in total. The van der Waals surface area contributed by atoms with Crippen LogP contribution in [-0.4, -0.2) is 39.5 Å². The van der Waals surface area contributed by atoms with Crippen LogP contribution in [0.3, 0.4) is 0 Å². The molecular formula is C32H20ClN3O5.